The first-order chi connectivity index (χ1) is 16.2. The summed E-state index contributed by atoms with van der Waals surface area (Å²) in [6.07, 6.45) is 5.05. The molecule has 0 radical (unpaired) electrons. The number of nitrogens with one attached hydrogen (secondary N) is 2. The molecular formula is C25H46N2O6S. The van der Waals surface area contributed by atoms with Gasteiger partial charge in [0.25, 0.3) is 10.2 Å². The van der Waals surface area contributed by atoms with Gasteiger partial charge in [0.05, 0.1) is 19.8 Å². The first kappa shape index (κ1) is 30.6. The Morgan fingerprint density at radius 3 is 2.41 bits per heavy atom. The first-order valence-corrected chi connectivity index (χ1v) is 13.9. The van der Waals surface area contributed by atoms with Gasteiger partial charge in [0.2, 0.25) is 0 Å². The molecule has 3 N–H and O–H groups in total. The molecule has 0 spiro atoms. The fourth-order valence-electron chi connectivity index (χ4n) is 3.67. The van der Waals surface area contributed by atoms with Gasteiger partial charge in [-0.15, -0.1) is 0 Å². The van der Waals surface area contributed by atoms with Gasteiger partial charge in [-0.25, -0.2) is 4.72 Å². The third-order valence-electron chi connectivity index (χ3n) is 5.87. The summed E-state index contributed by atoms with van der Waals surface area (Å²) in [4.78, 5) is 0. The number of methoxy groups -OCH3 is 2. The predicted octanol–water partition coefficient (Wildman–Crippen LogP) is 3.68. The second-order valence-corrected chi connectivity index (χ2v) is 10.7. The van der Waals surface area contributed by atoms with E-state index < -0.39 is 16.3 Å². The molecule has 1 rings (SSSR count). The van der Waals surface area contributed by atoms with Crippen LogP contribution in [0.4, 0.5) is 0 Å². The molecule has 0 bridgehead atoms. The maximum absolute atomic E-state index is 12.0. The smallest absolute Gasteiger partial charge is 0.276 e. The molecule has 0 aliphatic carbocycles. The largest absolute Gasteiger partial charge is 0.493 e. The van der Waals surface area contributed by atoms with Crippen LogP contribution in [0.15, 0.2) is 18.2 Å². The van der Waals surface area contributed by atoms with Crippen molar-refractivity contribution in [3.05, 3.63) is 23.8 Å². The van der Waals surface area contributed by atoms with Crippen LogP contribution in [-0.4, -0.2) is 60.2 Å². The fraction of sp³-hybridized carbons (Fsp3) is 0.760. The third-order valence-corrected chi connectivity index (χ3v) is 7.00. The van der Waals surface area contributed by atoms with Crippen LogP contribution in [-0.2, 0) is 21.4 Å². The number of rotatable bonds is 20. The summed E-state index contributed by atoms with van der Waals surface area (Å²) in [6.45, 7) is 8.03. The van der Waals surface area contributed by atoms with Crippen LogP contribution >= 0.6 is 0 Å². The summed E-state index contributed by atoms with van der Waals surface area (Å²) in [6, 6.07) is 6.00. The predicted molar refractivity (Wildman–Crippen MR) is 137 cm³/mol. The zero-order chi connectivity index (χ0) is 25.4. The lowest BCUT2D eigenvalue weighted by Gasteiger charge is -2.23. The second kappa shape index (κ2) is 17.1. The second-order valence-electron chi connectivity index (χ2n) is 9.07. The first-order valence-electron chi connectivity index (χ1n) is 12.4. The Morgan fingerprint density at radius 1 is 1.00 bits per heavy atom. The highest BCUT2D eigenvalue weighted by molar-refractivity contribution is 7.87. The van der Waals surface area contributed by atoms with Gasteiger partial charge in [-0.2, -0.15) is 13.1 Å². The molecule has 9 heteroatoms. The molecule has 0 heterocycles. The number of hydrogen-bond acceptors (Lipinski definition) is 6. The minimum Gasteiger partial charge on any atom is -0.493 e. The number of hydrogen-bond donors (Lipinski definition) is 3. The van der Waals surface area contributed by atoms with Crippen LogP contribution in [0.25, 0.3) is 0 Å². The van der Waals surface area contributed by atoms with Gasteiger partial charge >= 0.3 is 0 Å². The lowest BCUT2D eigenvalue weighted by molar-refractivity contribution is 0.152. The van der Waals surface area contributed by atoms with Crippen molar-refractivity contribution in [2.75, 3.05) is 40.5 Å². The molecule has 0 fully saturated rings. The van der Waals surface area contributed by atoms with E-state index in [1.54, 1.807) is 14.2 Å². The minimum atomic E-state index is -3.58. The van der Waals surface area contributed by atoms with Crippen LogP contribution in [0.3, 0.4) is 0 Å². The van der Waals surface area contributed by atoms with Gasteiger partial charge in [-0.05, 0) is 55.2 Å². The molecule has 0 aliphatic heterocycles. The lowest BCUT2D eigenvalue weighted by Crippen LogP contribution is -2.41. The topological polar surface area (TPSA) is 106 Å². The summed E-state index contributed by atoms with van der Waals surface area (Å²) < 4.78 is 45.4. The molecule has 0 saturated carbocycles. The van der Waals surface area contributed by atoms with Crippen LogP contribution in [0.1, 0.15) is 64.9 Å². The molecule has 2 atom stereocenters. The number of aliphatic hydroxyl groups is 1. The lowest BCUT2D eigenvalue weighted by atomic mass is 9.85. The highest BCUT2D eigenvalue weighted by Gasteiger charge is 2.19. The van der Waals surface area contributed by atoms with Crippen molar-refractivity contribution in [3.63, 3.8) is 0 Å². The van der Waals surface area contributed by atoms with Crippen LogP contribution in [0, 0.1) is 11.8 Å². The number of unbranched alkanes of at least 4 members (excludes halogenated alkanes) is 2. The van der Waals surface area contributed by atoms with E-state index in [9.17, 15) is 13.5 Å². The summed E-state index contributed by atoms with van der Waals surface area (Å²) >= 11 is 0. The van der Waals surface area contributed by atoms with Crippen LogP contribution < -0.4 is 18.9 Å². The molecule has 8 nitrogen and oxygen atoms in total. The Balaban J connectivity index is 2.59. The molecule has 0 unspecified atom stereocenters. The SMILES string of the molecule is CCCCCNS(=O)(=O)NC[C@H](O)CC[C@H](Cc1ccc(OC)c(OCCCOC)c1)C(C)C. The fourth-order valence-corrected chi connectivity index (χ4v) is 4.59. The average Bonchev–Trinajstić information content (AvgIpc) is 2.81. The number of aliphatic hydroxyl groups excluding tert-OH is 1. The van der Waals surface area contributed by atoms with Gasteiger partial charge in [0.1, 0.15) is 0 Å². The Hall–Kier alpha value is -1.39. The van der Waals surface area contributed by atoms with Crippen LogP contribution in [0.2, 0.25) is 0 Å². The van der Waals surface area contributed by atoms with E-state index in [0.717, 1.165) is 49.8 Å². The highest BCUT2D eigenvalue weighted by atomic mass is 32.2. The van der Waals surface area contributed by atoms with Gasteiger partial charge < -0.3 is 19.3 Å². The molecule has 0 aromatic heterocycles. The van der Waals surface area contributed by atoms with Crippen molar-refractivity contribution in [3.8, 4) is 11.5 Å². The van der Waals surface area contributed by atoms with Crippen molar-refractivity contribution in [1.82, 2.24) is 9.44 Å². The highest BCUT2D eigenvalue weighted by Crippen LogP contribution is 2.31. The van der Waals surface area contributed by atoms with E-state index in [1.165, 1.54) is 0 Å². The van der Waals surface area contributed by atoms with Crippen molar-refractivity contribution >= 4 is 10.2 Å². The summed E-state index contributed by atoms with van der Waals surface area (Å²) in [5.74, 6) is 2.18. The molecule has 34 heavy (non-hydrogen) atoms. The van der Waals surface area contributed by atoms with E-state index in [-0.39, 0.29) is 6.54 Å². The summed E-state index contributed by atoms with van der Waals surface area (Å²) in [5.41, 5.74) is 1.15. The van der Waals surface area contributed by atoms with Gasteiger partial charge in [0.15, 0.2) is 11.5 Å². The van der Waals surface area contributed by atoms with Gasteiger partial charge in [-0.3, -0.25) is 0 Å². The molecular weight excluding hydrogens is 456 g/mol. The standard InChI is InChI=1S/C25H46N2O6S/c1-6-7-8-14-26-34(29,30)27-19-23(28)12-11-22(20(2)3)17-21-10-13-24(32-5)25(18-21)33-16-9-15-31-4/h10,13,18,20,22-23,26-28H,6-9,11-12,14-17,19H2,1-5H3/t22-,23-/m1/s1. The average molecular weight is 503 g/mol. The minimum absolute atomic E-state index is 0.00985. The van der Waals surface area contributed by atoms with E-state index in [1.807, 2.05) is 18.2 Å². The molecule has 0 amide bonds. The normalized spacial score (nSPS) is 13.7. The van der Waals surface area contributed by atoms with Crippen molar-refractivity contribution in [2.24, 2.45) is 11.8 Å². The van der Waals surface area contributed by atoms with E-state index >= 15 is 0 Å². The Kier molecular flexibility index (Phi) is 15.4. The molecule has 1 aromatic rings. The number of benzene rings is 1. The molecule has 198 valence electrons. The number of ether oxygens (including phenoxy) is 3. The van der Waals surface area contributed by atoms with E-state index in [4.69, 9.17) is 14.2 Å². The van der Waals surface area contributed by atoms with Crippen molar-refractivity contribution < 1.29 is 27.7 Å². The zero-order valence-corrected chi connectivity index (χ0v) is 22.5. The monoisotopic (exact) mass is 502 g/mol. The molecule has 0 saturated heterocycles. The summed E-state index contributed by atoms with van der Waals surface area (Å²) in [7, 11) is -0.276. The maximum atomic E-state index is 12.0. The summed E-state index contributed by atoms with van der Waals surface area (Å²) in [5, 5.41) is 10.4. The van der Waals surface area contributed by atoms with E-state index in [2.05, 4.69) is 30.2 Å². The molecule has 0 aliphatic rings. The third kappa shape index (κ3) is 12.9. The van der Waals surface area contributed by atoms with Gasteiger partial charge in [-0.1, -0.05) is 39.7 Å². The Morgan fingerprint density at radius 2 is 1.76 bits per heavy atom. The van der Waals surface area contributed by atoms with Crippen molar-refractivity contribution in [2.45, 2.75) is 71.8 Å². The zero-order valence-electron chi connectivity index (χ0n) is 21.6. The van der Waals surface area contributed by atoms with E-state index in [0.29, 0.717) is 43.8 Å². The Bertz CT molecular complexity index is 773. The quantitative estimate of drug-likeness (QED) is 0.235. The van der Waals surface area contributed by atoms with Crippen LogP contribution in [0.5, 0.6) is 11.5 Å². The maximum Gasteiger partial charge on any atom is 0.276 e. The molecule has 1 aromatic carbocycles. The Labute approximate surface area is 206 Å². The van der Waals surface area contributed by atoms with Crippen molar-refractivity contribution in [1.29, 1.82) is 0 Å². The van der Waals surface area contributed by atoms with Gasteiger partial charge in [0, 0.05) is 33.2 Å².